The number of nitro benzene ring substituents is 1. The van der Waals surface area contributed by atoms with Gasteiger partial charge >= 0.3 is 11.9 Å². The second-order valence-corrected chi connectivity index (χ2v) is 4.74. The second-order valence-electron chi connectivity index (χ2n) is 4.74. The summed E-state index contributed by atoms with van der Waals surface area (Å²) < 4.78 is 9.75. The molecule has 1 aliphatic heterocycles. The largest absolute Gasteiger partial charge is 0.508 e. The van der Waals surface area contributed by atoms with Crippen molar-refractivity contribution in [3.05, 3.63) is 39.4 Å². The van der Waals surface area contributed by atoms with Crippen LogP contribution in [0, 0.1) is 10.1 Å². The van der Waals surface area contributed by atoms with Crippen molar-refractivity contribution in [2.24, 2.45) is 0 Å². The fourth-order valence-corrected chi connectivity index (χ4v) is 1.76. The summed E-state index contributed by atoms with van der Waals surface area (Å²) in [5, 5.41) is 20.3. The molecule has 0 atom stereocenters. The van der Waals surface area contributed by atoms with Crippen LogP contribution in [0.2, 0.25) is 0 Å². The number of hydrogen-bond donors (Lipinski definition) is 1. The second kappa shape index (κ2) is 4.89. The van der Waals surface area contributed by atoms with Crippen LogP contribution in [0.3, 0.4) is 0 Å². The average Bonchev–Trinajstić information content (AvgIpc) is 2.32. The summed E-state index contributed by atoms with van der Waals surface area (Å²) in [5.74, 6) is -3.54. The molecule has 0 saturated carbocycles. The minimum absolute atomic E-state index is 0.108. The predicted molar refractivity (Wildman–Crippen MR) is 69.0 cm³/mol. The van der Waals surface area contributed by atoms with E-state index in [0.717, 1.165) is 24.3 Å². The van der Waals surface area contributed by atoms with E-state index < -0.39 is 28.2 Å². The van der Waals surface area contributed by atoms with E-state index in [4.69, 9.17) is 9.47 Å². The molecule has 0 aliphatic carbocycles. The molecule has 0 spiro atoms. The molecule has 110 valence electrons. The van der Waals surface area contributed by atoms with Crippen LogP contribution >= 0.6 is 0 Å². The maximum absolute atomic E-state index is 11.8. The highest BCUT2D eigenvalue weighted by Crippen LogP contribution is 2.29. The van der Waals surface area contributed by atoms with Gasteiger partial charge < -0.3 is 14.6 Å². The summed E-state index contributed by atoms with van der Waals surface area (Å²) in [6, 6.07) is 3.25. The third-order valence-electron chi connectivity index (χ3n) is 2.62. The molecule has 2 rings (SSSR count). The number of esters is 2. The van der Waals surface area contributed by atoms with E-state index in [1.54, 1.807) is 0 Å². The molecule has 0 unspecified atom stereocenters. The van der Waals surface area contributed by atoms with Crippen LogP contribution < -0.4 is 0 Å². The van der Waals surface area contributed by atoms with Crippen LogP contribution in [0.25, 0.3) is 6.08 Å². The third-order valence-corrected chi connectivity index (χ3v) is 2.62. The number of cyclic esters (lactones) is 2. The Labute approximate surface area is 118 Å². The predicted octanol–water partition coefficient (Wildman–Crippen LogP) is 1.52. The lowest BCUT2D eigenvalue weighted by molar-refractivity contribution is -0.385. The highest BCUT2D eigenvalue weighted by atomic mass is 16.7. The first kappa shape index (κ1) is 14.5. The molecule has 21 heavy (non-hydrogen) atoms. The average molecular weight is 293 g/mol. The van der Waals surface area contributed by atoms with E-state index in [1.807, 2.05) is 0 Å². The van der Waals surface area contributed by atoms with Gasteiger partial charge in [0.15, 0.2) is 0 Å². The van der Waals surface area contributed by atoms with Crippen LogP contribution in [0.4, 0.5) is 5.69 Å². The van der Waals surface area contributed by atoms with Crippen molar-refractivity contribution in [2.45, 2.75) is 19.6 Å². The number of benzene rings is 1. The maximum Gasteiger partial charge on any atom is 0.348 e. The smallest absolute Gasteiger partial charge is 0.348 e. The first-order valence-corrected chi connectivity index (χ1v) is 5.85. The van der Waals surface area contributed by atoms with Gasteiger partial charge in [-0.25, -0.2) is 9.59 Å². The van der Waals surface area contributed by atoms with Gasteiger partial charge in [-0.15, -0.1) is 0 Å². The Bertz CT molecular complexity index is 653. The number of nitro groups is 1. The zero-order valence-corrected chi connectivity index (χ0v) is 11.2. The van der Waals surface area contributed by atoms with Crippen molar-refractivity contribution in [3.8, 4) is 5.75 Å². The maximum atomic E-state index is 11.8. The van der Waals surface area contributed by atoms with Crippen molar-refractivity contribution in [2.75, 3.05) is 0 Å². The number of carbonyl (C=O) groups is 2. The van der Waals surface area contributed by atoms with Crippen molar-refractivity contribution in [1.29, 1.82) is 0 Å². The standard InChI is InChI=1S/C13H11NO7/c1-13(2)20-11(16)9(12(17)21-13)6-7-5-8(15)3-4-10(7)14(18)19/h3-6,15H,1-2H3. The van der Waals surface area contributed by atoms with Gasteiger partial charge in [-0.1, -0.05) is 0 Å². The van der Waals surface area contributed by atoms with Gasteiger partial charge in [-0.3, -0.25) is 10.1 Å². The molecular formula is C13H11NO7. The molecule has 8 nitrogen and oxygen atoms in total. The van der Waals surface area contributed by atoms with Gasteiger partial charge in [0, 0.05) is 19.9 Å². The van der Waals surface area contributed by atoms with Crippen LogP contribution in [-0.4, -0.2) is 27.8 Å². The molecular weight excluding hydrogens is 282 g/mol. The monoisotopic (exact) mass is 293 g/mol. The number of aromatic hydroxyl groups is 1. The van der Waals surface area contributed by atoms with Crippen LogP contribution in [0.1, 0.15) is 19.4 Å². The molecule has 1 fully saturated rings. The van der Waals surface area contributed by atoms with Crippen molar-refractivity contribution in [3.63, 3.8) is 0 Å². The lowest BCUT2D eigenvalue weighted by atomic mass is 10.1. The Balaban J connectivity index is 2.49. The van der Waals surface area contributed by atoms with E-state index in [0.29, 0.717) is 0 Å². The Hall–Kier alpha value is -2.90. The fourth-order valence-electron chi connectivity index (χ4n) is 1.76. The van der Waals surface area contributed by atoms with E-state index in [-0.39, 0.29) is 17.0 Å². The Morgan fingerprint density at radius 3 is 2.33 bits per heavy atom. The van der Waals surface area contributed by atoms with Crippen LogP contribution in [0.5, 0.6) is 5.75 Å². The summed E-state index contributed by atoms with van der Waals surface area (Å²) in [6.45, 7) is 2.77. The molecule has 0 bridgehead atoms. The van der Waals surface area contributed by atoms with Gasteiger partial charge in [0.25, 0.3) is 11.5 Å². The van der Waals surface area contributed by atoms with Gasteiger partial charge in [-0.2, -0.15) is 0 Å². The zero-order chi connectivity index (χ0) is 15.8. The first-order valence-electron chi connectivity index (χ1n) is 5.85. The number of phenolic OH excluding ortho intramolecular Hbond substituents is 1. The molecule has 1 saturated heterocycles. The molecule has 8 heteroatoms. The van der Waals surface area contributed by atoms with Crippen LogP contribution in [-0.2, 0) is 19.1 Å². The van der Waals surface area contributed by atoms with Crippen LogP contribution in [0.15, 0.2) is 23.8 Å². The highest BCUT2D eigenvalue weighted by molar-refractivity contribution is 6.19. The molecule has 1 aliphatic rings. The molecule has 0 radical (unpaired) electrons. The van der Waals surface area contributed by atoms with E-state index in [9.17, 15) is 24.8 Å². The Morgan fingerprint density at radius 2 is 1.81 bits per heavy atom. The first-order chi connectivity index (χ1) is 9.69. The summed E-state index contributed by atoms with van der Waals surface area (Å²) in [4.78, 5) is 33.7. The number of phenols is 1. The summed E-state index contributed by atoms with van der Waals surface area (Å²) in [5.41, 5.74) is -0.961. The highest BCUT2D eigenvalue weighted by Gasteiger charge is 2.39. The van der Waals surface area contributed by atoms with E-state index in [2.05, 4.69) is 0 Å². The Kier molecular flexibility index (Phi) is 3.38. The lowest BCUT2D eigenvalue weighted by Gasteiger charge is -2.29. The van der Waals surface area contributed by atoms with Gasteiger partial charge in [0.2, 0.25) is 0 Å². The zero-order valence-electron chi connectivity index (χ0n) is 11.2. The molecule has 1 aromatic rings. The number of hydrogen-bond acceptors (Lipinski definition) is 7. The summed E-state index contributed by atoms with van der Waals surface area (Å²) in [6.07, 6.45) is 0.956. The van der Waals surface area contributed by atoms with E-state index in [1.165, 1.54) is 13.8 Å². The van der Waals surface area contributed by atoms with Gasteiger partial charge in [0.1, 0.15) is 11.3 Å². The van der Waals surface area contributed by atoms with Crippen molar-refractivity contribution >= 4 is 23.7 Å². The summed E-state index contributed by atoms with van der Waals surface area (Å²) >= 11 is 0. The minimum Gasteiger partial charge on any atom is -0.508 e. The normalized spacial score (nSPS) is 17.0. The quantitative estimate of drug-likeness (QED) is 0.289. The number of rotatable bonds is 2. The SMILES string of the molecule is CC1(C)OC(=O)C(=Cc2cc(O)ccc2[N+](=O)[O-])C(=O)O1. The van der Waals surface area contributed by atoms with Crippen molar-refractivity contribution in [1.82, 2.24) is 0 Å². The third kappa shape index (κ3) is 2.99. The molecule has 1 heterocycles. The number of ether oxygens (including phenoxy) is 2. The van der Waals surface area contributed by atoms with Crippen molar-refractivity contribution < 1.29 is 29.1 Å². The lowest BCUT2D eigenvalue weighted by Crippen LogP contribution is -2.41. The van der Waals surface area contributed by atoms with Gasteiger partial charge in [-0.05, 0) is 18.2 Å². The molecule has 0 amide bonds. The fraction of sp³-hybridized carbons (Fsp3) is 0.231. The Morgan fingerprint density at radius 1 is 1.24 bits per heavy atom. The summed E-state index contributed by atoms with van der Waals surface area (Å²) in [7, 11) is 0. The molecule has 1 aromatic carbocycles. The van der Waals surface area contributed by atoms with Gasteiger partial charge in [0.05, 0.1) is 10.5 Å². The number of nitrogens with zero attached hydrogens (tertiary/aromatic N) is 1. The molecule has 0 aromatic heterocycles. The number of carbonyl (C=O) groups excluding carboxylic acids is 2. The molecule has 1 N–H and O–H groups in total. The topological polar surface area (TPSA) is 116 Å². The van der Waals surface area contributed by atoms with E-state index >= 15 is 0 Å². The minimum atomic E-state index is -1.39.